The molecule has 1 aromatic heterocycles. The van der Waals surface area contributed by atoms with Gasteiger partial charge in [-0.05, 0) is 41.8 Å². The van der Waals surface area contributed by atoms with E-state index in [1.165, 1.54) is 24.4 Å². The van der Waals surface area contributed by atoms with Crippen molar-refractivity contribution in [1.82, 2.24) is 4.98 Å². The van der Waals surface area contributed by atoms with Crippen molar-refractivity contribution in [2.45, 2.75) is 38.5 Å². The van der Waals surface area contributed by atoms with Gasteiger partial charge in [0.2, 0.25) is 0 Å². The summed E-state index contributed by atoms with van der Waals surface area (Å²) >= 11 is 5.86. The number of hydrogen-bond acceptors (Lipinski definition) is 5. The zero-order valence-corrected chi connectivity index (χ0v) is 21.3. The van der Waals surface area contributed by atoms with E-state index in [1.54, 1.807) is 12.1 Å². The third-order valence-corrected chi connectivity index (χ3v) is 6.49. The first-order valence-electron chi connectivity index (χ1n) is 10.7. The summed E-state index contributed by atoms with van der Waals surface area (Å²) in [7, 11) is -4.21. The van der Waals surface area contributed by atoms with Crippen molar-refractivity contribution >= 4 is 44.5 Å². The maximum absolute atomic E-state index is 15.2. The average Bonchev–Trinajstić information content (AvgIpc) is 2.83. The molecular formula is C25H26ClF2N3O3S. The number of benzene rings is 2. The molecule has 0 aliphatic heterocycles. The number of nitrogens with two attached hydrogens (primary N) is 1. The number of sulfonamides is 1. The summed E-state index contributed by atoms with van der Waals surface area (Å²) in [5.41, 5.74) is 4.70. The number of carbonyl (C=O) groups is 1. The summed E-state index contributed by atoms with van der Waals surface area (Å²) in [4.78, 5) is 16.5. The SMILES string of the molecule is C=C(C(=O)c1c(F)ccc(NS(=O)(=O)c2ccc(C(C)C)cc2)c1F)c1cc(Cl)cnc1N.CC. The van der Waals surface area contributed by atoms with Crippen molar-refractivity contribution in [2.75, 3.05) is 10.5 Å². The topological polar surface area (TPSA) is 102 Å². The quantitative estimate of drug-likeness (QED) is 0.275. The first-order chi connectivity index (χ1) is 16.4. The van der Waals surface area contributed by atoms with Gasteiger partial charge in [-0.3, -0.25) is 9.52 Å². The van der Waals surface area contributed by atoms with Crippen LogP contribution in [0.2, 0.25) is 5.02 Å². The molecule has 0 fully saturated rings. The Bertz CT molecular complexity index is 1360. The van der Waals surface area contributed by atoms with Gasteiger partial charge in [-0.1, -0.05) is 58.0 Å². The fourth-order valence-corrected chi connectivity index (χ4v) is 4.26. The molecule has 3 aromatic rings. The highest BCUT2D eigenvalue weighted by molar-refractivity contribution is 7.92. The molecule has 3 N–H and O–H groups in total. The zero-order valence-electron chi connectivity index (χ0n) is 19.7. The molecule has 1 heterocycles. The number of nitrogen functional groups attached to an aromatic ring is 1. The number of halogens is 3. The fraction of sp³-hybridized carbons (Fsp3) is 0.200. The minimum Gasteiger partial charge on any atom is -0.383 e. The monoisotopic (exact) mass is 521 g/mol. The molecule has 0 amide bonds. The standard InChI is InChI=1S/C23H20ClF2N3O3S.C2H6/c1-12(2)14-4-6-16(7-5-14)33(31,32)29-19-9-8-18(25)20(21(19)26)22(30)13(3)17-10-15(24)11-28-23(17)27;1-2/h4-12,29H,3H2,1-2H3,(H2,27,28);1-2H3. The van der Waals surface area contributed by atoms with Crippen LogP contribution >= 0.6 is 11.6 Å². The van der Waals surface area contributed by atoms with Gasteiger partial charge in [0.05, 0.1) is 21.2 Å². The van der Waals surface area contributed by atoms with E-state index in [9.17, 15) is 17.6 Å². The second kappa shape index (κ2) is 11.4. The number of carbonyl (C=O) groups excluding carboxylic acids is 1. The number of rotatable bonds is 7. The van der Waals surface area contributed by atoms with E-state index in [2.05, 4.69) is 16.3 Å². The number of pyridine rings is 1. The zero-order chi connectivity index (χ0) is 26.5. The average molecular weight is 522 g/mol. The minimum absolute atomic E-state index is 0.00234. The van der Waals surface area contributed by atoms with Gasteiger partial charge in [-0.2, -0.15) is 0 Å². The van der Waals surface area contributed by atoms with Crippen LogP contribution in [0.4, 0.5) is 20.3 Å². The van der Waals surface area contributed by atoms with Gasteiger partial charge in [0.15, 0.2) is 11.6 Å². The van der Waals surface area contributed by atoms with E-state index in [1.807, 2.05) is 27.7 Å². The Morgan fingerprint density at radius 2 is 1.71 bits per heavy atom. The molecule has 0 atom stereocenters. The maximum atomic E-state index is 15.2. The number of nitrogens with zero attached hydrogens (tertiary/aromatic N) is 1. The molecular weight excluding hydrogens is 496 g/mol. The van der Waals surface area contributed by atoms with E-state index in [4.69, 9.17) is 17.3 Å². The summed E-state index contributed by atoms with van der Waals surface area (Å²) in [6.07, 6.45) is 1.24. The molecule has 35 heavy (non-hydrogen) atoms. The summed E-state index contributed by atoms with van der Waals surface area (Å²) in [5.74, 6) is -3.65. The third-order valence-electron chi connectivity index (χ3n) is 4.90. The Balaban J connectivity index is 0.00000210. The first-order valence-corrected chi connectivity index (χ1v) is 12.5. The molecule has 6 nitrogen and oxygen atoms in total. The van der Waals surface area contributed by atoms with Crippen LogP contribution < -0.4 is 10.5 Å². The van der Waals surface area contributed by atoms with Crippen LogP contribution in [0.25, 0.3) is 5.57 Å². The molecule has 0 radical (unpaired) electrons. The molecule has 0 bridgehead atoms. The summed E-state index contributed by atoms with van der Waals surface area (Å²) in [6, 6.07) is 8.99. The number of hydrogen-bond donors (Lipinski definition) is 2. The lowest BCUT2D eigenvalue weighted by Crippen LogP contribution is -2.17. The largest absolute Gasteiger partial charge is 0.383 e. The molecule has 10 heteroatoms. The van der Waals surface area contributed by atoms with Crippen LogP contribution in [-0.2, 0) is 10.0 Å². The van der Waals surface area contributed by atoms with Crippen molar-refractivity contribution < 1.29 is 22.0 Å². The molecule has 186 valence electrons. The highest BCUT2D eigenvalue weighted by Gasteiger charge is 2.26. The predicted molar refractivity (Wildman–Crippen MR) is 136 cm³/mol. The Kier molecular flexibility index (Phi) is 9.12. The van der Waals surface area contributed by atoms with Gasteiger partial charge in [0.1, 0.15) is 11.6 Å². The molecule has 0 saturated carbocycles. The maximum Gasteiger partial charge on any atom is 0.261 e. The second-order valence-corrected chi connectivity index (χ2v) is 9.63. The van der Waals surface area contributed by atoms with Gasteiger partial charge < -0.3 is 5.73 Å². The molecule has 2 aromatic carbocycles. The van der Waals surface area contributed by atoms with Crippen molar-refractivity contribution in [1.29, 1.82) is 0 Å². The molecule has 0 spiro atoms. The summed E-state index contributed by atoms with van der Waals surface area (Å²) in [5, 5.41) is 0.138. The Morgan fingerprint density at radius 1 is 1.11 bits per heavy atom. The van der Waals surface area contributed by atoms with Crippen molar-refractivity contribution in [2.24, 2.45) is 0 Å². The van der Waals surface area contributed by atoms with Gasteiger partial charge in [0, 0.05) is 17.3 Å². The molecule has 0 aliphatic carbocycles. The highest BCUT2D eigenvalue weighted by Crippen LogP contribution is 2.30. The Hall–Kier alpha value is -3.30. The summed E-state index contributed by atoms with van der Waals surface area (Å²) < 4.78 is 57.1. The smallest absolute Gasteiger partial charge is 0.261 e. The van der Waals surface area contributed by atoms with Crippen molar-refractivity contribution in [3.63, 3.8) is 0 Å². The van der Waals surface area contributed by atoms with E-state index in [-0.39, 0.29) is 32.8 Å². The number of ketones is 1. The van der Waals surface area contributed by atoms with Gasteiger partial charge >= 0.3 is 0 Å². The lowest BCUT2D eigenvalue weighted by molar-refractivity contribution is 0.104. The number of nitrogens with one attached hydrogen (secondary N) is 1. The fourth-order valence-electron chi connectivity index (χ4n) is 3.04. The van der Waals surface area contributed by atoms with Crippen LogP contribution in [0.3, 0.4) is 0 Å². The number of allylic oxidation sites excluding steroid dienone is 1. The lowest BCUT2D eigenvalue weighted by atomic mass is 9.97. The minimum atomic E-state index is -4.21. The van der Waals surface area contributed by atoms with E-state index in [0.29, 0.717) is 0 Å². The van der Waals surface area contributed by atoms with Crippen LogP contribution in [0.5, 0.6) is 0 Å². The van der Waals surface area contributed by atoms with Crippen LogP contribution in [-0.4, -0.2) is 19.2 Å². The number of aromatic nitrogens is 1. The second-order valence-electron chi connectivity index (χ2n) is 7.51. The van der Waals surface area contributed by atoms with Crippen molar-refractivity contribution in [3.05, 3.63) is 88.6 Å². The lowest BCUT2D eigenvalue weighted by Gasteiger charge is -2.14. The van der Waals surface area contributed by atoms with E-state index >= 15 is 4.39 Å². The van der Waals surface area contributed by atoms with Crippen LogP contribution in [0.1, 0.15) is 55.1 Å². The van der Waals surface area contributed by atoms with Crippen LogP contribution in [0.15, 0.2) is 60.1 Å². The molecule has 0 unspecified atom stereocenters. The highest BCUT2D eigenvalue weighted by atomic mass is 35.5. The van der Waals surface area contributed by atoms with E-state index < -0.39 is 38.7 Å². The van der Waals surface area contributed by atoms with Crippen molar-refractivity contribution in [3.8, 4) is 0 Å². The van der Waals surface area contributed by atoms with Gasteiger partial charge in [-0.15, -0.1) is 0 Å². The van der Waals surface area contributed by atoms with Gasteiger partial charge in [-0.25, -0.2) is 22.2 Å². The molecule has 3 rings (SSSR count). The molecule has 0 aliphatic rings. The Labute approximate surface area is 208 Å². The van der Waals surface area contributed by atoms with Gasteiger partial charge in [0.25, 0.3) is 10.0 Å². The number of Topliss-reactive ketones (excluding diaryl/α,β-unsaturated/α-hetero) is 1. The molecule has 0 saturated heterocycles. The third kappa shape index (κ3) is 6.23. The Morgan fingerprint density at radius 3 is 2.29 bits per heavy atom. The van der Waals surface area contributed by atoms with E-state index in [0.717, 1.165) is 17.7 Å². The summed E-state index contributed by atoms with van der Waals surface area (Å²) in [6.45, 7) is 11.5. The number of anilines is 2. The predicted octanol–water partition coefficient (Wildman–Crippen LogP) is 6.44. The van der Waals surface area contributed by atoms with Crippen LogP contribution in [0, 0.1) is 11.6 Å². The normalized spacial score (nSPS) is 11.0. The first kappa shape index (κ1) is 27.9.